The van der Waals surface area contributed by atoms with Crippen molar-refractivity contribution in [2.45, 2.75) is 50.9 Å². The maximum absolute atomic E-state index is 6.00. The molecule has 64 valence electrons. The van der Waals surface area contributed by atoms with Gasteiger partial charge in [0.2, 0.25) is 0 Å². The van der Waals surface area contributed by atoms with E-state index in [0.29, 0.717) is 24.2 Å². The predicted octanol–water partition coefficient (Wildman–Crippen LogP) is 1.29. The van der Waals surface area contributed by atoms with Crippen molar-refractivity contribution in [2.75, 3.05) is 0 Å². The zero-order valence-corrected chi connectivity index (χ0v) is 7.12. The van der Waals surface area contributed by atoms with Gasteiger partial charge in [-0.2, -0.15) is 0 Å². The van der Waals surface area contributed by atoms with Gasteiger partial charge in [-0.15, -0.1) is 0 Å². The van der Waals surface area contributed by atoms with Crippen molar-refractivity contribution in [3.8, 4) is 0 Å². The Morgan fingerprint density at radius 3 is 2.91 bits per heavy atom. The van der Waals surface area contributed by atoms with Crippen molar-refractivity contribution in [3.63, 3.8) is 0 Å². The van der Waals surface area contributed by atoms with E-state index < -0.39 is 0 Å². The van der Waals surface area contributed by atoms with Crippen molar-refractivity contribution in [1.29, 1.82) is 0 Å². The lowest BCUT2D eigenvalue weighted by molar-refractivity contribution is 0.0230. The van der Waals surface area contributed by atoms with E-state index in [1.807, 2.05) is 0 Å². The second-order valence-corrected chi connectivity index (χ2v) is 3.98. The number of hydrogen-bond donors (Lipinski definition) is 1. The van der Waals surface area contributed by atoms with Crippen LogP contribution in [0.3, 0.4) is 0 Å². The minimum absolute atomic E-state index is 0.415. The molecule has 0 aromatic carbocycles. The summed E-state index contributed by atoms with van der Waals surface area (Å²) in [5, 5.41) is 0. The molecule has 2 heteroatoms. The molecule has 11 heavy (non-hydrogen) atoms. The van der Waals surface area contributed by atoms with Crippen LogP contribution in [-0.2, 0) is 4.74 Å². The summed E-state index contributed by atoms with van der Waals surface area (Å²) in [5.41, 5.74) is 6.00. The number of ether oxygens (including phenoxy) is 1. The molecule has 2 N–H and O–H groups in total. The van der Waals surface area contributed by atoms with Crippen molar-refractivity contribution >= 4 is 0 Å². The second-order valence-electron chi connectivity index (χ2n) is 3.98. The molecule has 1 aliphatic carbocycles. The van der Waals surface area contributed by atoms with Crippen molar-refractivity contribution in [2.24, 2.45) is 11.7 Å². The van der Waals surface area contributed by atoms with Gasteiger partial charge >= 0.3 is 0 Å². The molecule has 2 nitrogen and oxygen atoms in total. The SMILES string of the molecule is C[C@H]1C[C@@H]2[C@@H](N)CCC[C@H]2O1. The summed E-state index contributed by atoms with van der Waals surface area (Å²) in [4.78, 5) is 0. The summed E-state index contributed by atoms with van der Waals surface area (Å²) < 4.78 is 5.76. The zero-order valence-electron chi connectivity index (χ0n) is 7.12. The molecule has 2 rings (SSSR count). The minimum atomic E-state index is 0.415. The first-order valence-corrected chi connectivity index (χ1v) is 4.68. The molecule has 0 spiro atoms. The Bertz CT molecular complexity index is 148. The first-order valence-electron chi connectivity index (χ1n) is 4.68. The number of nitrogens with two attached hydrogens (primary N) is 1. The van der Waals surface area contributed by atoms with Gasteiger partial charge in [-0.1, -0.05) is 0 Å². The minimum Gasteiger partial charge on any atom is -0.375 e. The Hall–Kier alpha value is -0.0800. The van der Waals surface area contributed by atoms with Gasteiger partial charge in [0.15, 0.2) is 0 Å². The average Bonchev–Trinajstić information content (AvgIpc) is 2.31. The van der Waals surface area contributed by atoms with E-state index in [1.165, 1.54) is 25.7 Å². The van der Waals surface area contributed by atoms with Crippen molar-refractivity contribution in [1.82, 2.24) is 0 Å². The monoisotopic (exact) mass is 155 g/mol. The molecule has 1 saturated carbocycles. The van der Waals surface area contributed by atoms with Gasteiger partial charge < -0.3 is 10.5 Å². The molecule has 1 saturated heterocycles. The highest BCUT2D eigenvalue weighted by atomic mass is 16.5. The molecule has 0 amide bonds. The van der Waals surface area contributed by atoms with E-state index in [0.717, 1.165) is 0 Å². The number of rotatable bonds is 0. The van der Waals surface area contributed by atoms with Crippen LogP contribution in [0.1, 0.15) is 32.6 Å². The summed E-state index contributed by atoms with van der Waals surface area (Å²) in [5.74, 6) is 0.666. The van der Waals surface area contributed by atoms with Crippen LogP contribution in [0.15, 0.2) is 0 Å². The van der Waals surface area contributed by atoms with Gasteiger partial charge in [0.05, 0.1) is 12.2 Å². The number of fused-ring (bicyclic) bond motifs is 1. The molecule has 0 aromatic heterocycles. The fourth-order valence-electron chi connectivity index (χ4n) is 2.49. The van der Waals surface area contributed by atoms with Crippen LogP contribution in [-0.4, -0.2) is 18.2 Å². The fourth-order valence-corrected chi connectivity index (χ4v) is 2.49. The van der Waals surface area contributed by atoms with Crippen molar-refractivity contribution in [3.05, 3.63) is 0 Å². The van der Waals surface area contributed by atoms with E-state index in [4.69, 9.17) is 10.5 Å². The fraction of sp³-hybridized carbons (Fsp3) is 1.00. The first kappa shape index (κ1) is 7.56. The molecule has 1 aliphatic heterocycles. The highest BCUT2D eigenvalue weighted by Crippen LogP contribution is 2.36. The lowest BCUT2D eigenvalue weighted by Gasteiger charge is -2.29. The molecule has 0 aromatic rings. The molecule has 2 fully saturated rings. The Morgan fingerprint density at radius 2 is 2.18 bits per heavy atom. The Kier molecular flexibility index (Phi) is 1.90. The summed E-state index contributed by atoms with van der Waals surface area (Å²) in [7, 11) is 0. The van der Waals surface area contributed by atoms with Gasteiger partial charge in [0.25, 0.3) is 0 Å². The molecule has 0 bridgehead atoms. The lowest BCUT2D eigenvalue weighted by Crippen LogP contribution is -2.38. The molecule has 0 unspecified atom stereocenters. The highest BCUT2D eigenvalue weighted by molar-refractivity contribution is 4.90. The largest absolute Gasteiger partial charge is 0.375 e. The Balaban J connectivity index is 2.03. The van der Waals surface area contributed by atoms with E-state index >= 15 is 0 Å². The van der Waals surface area contributed by atoms with Gasteiger partial charge in [0, 0.05) is 12.0 Å². The third-order valence-electron chi connectivity index (χ3n) is 3.06. The Labute approximate surface area is 68.1 Å². The molecule has 1 heterocycles. The van der Waals surface area contributed by atoms with E-state index in [1.54, 1.807) is 0 Å². The standard InChI is InChI=1S/C9H17NO/c1-6-5-7-8(10)3-2-4-9(7)11-6/h6-9H,2-5,10H2,1H3/t6-,7+,8-,9+/m0/s1. The third-order valence-corrected chi connectivity index (χ3v) is 3.06. The van der Waals surface area contributed by atoms with Crippen LogP contribution in [0.2, 0.25) is 0 Å². The van der Waals surface area contributed by atoms with Crippen LogP contribution in [0.4, 0.5) is 0 Å². The highest BCUT2D eigenvalue weighted by Gasteiger charge is 2.38. The third kappa shape index (κ3) is 1.30. The van der Waals surface area contributed by atoms with Crippen LogP contribution < -0.4 is 5.73 Å². The van der Waals surface area contributed by atoms with Crippen LogP contribution >= 0.6 is 0 Å². The first-order chi connectivity index (χ1) is 5.27. The maximum Gasteiger partial charge on any atom is 0.0622 e. The van der Waals surface area contributed by atoms with Gasteiger partial charge in [-0.3, -0.25) is 0 Å². The maximum atomic E-state index is 6.00. The molecular weight excluding hydrogens is 138 g/mol. The van der Waals surface area contributed by atoms with Crippen LogP contribution in [0.25, 0.3) is 0 Å². The average molecular weight is 155 g/mol. The van der Waals surface area contributed by atoms with Gasteiger partial charge in [-0.25, -0.2) is 0 Å². The quantitative estimate of drug-likeness (QED) is 0.572. The summed E-state index contributed by atoms with van der Waals surface area (Å²) in [6, 6.07) is 0.415. The van der Waals surface area contributed by atoms with Gasteiger partial charge in [0.1, 0.15) is 0 Å². The van der Waals surface area contributed by atoms with E-state index in [9.17, 15) is 0 Å². The smallest absolute Gasteiger partial charge is 0.0622 e. The number of hydrogen-bond acceptors (Lipinski definition) is 2. The summed E-state index contributed by atoms with van der Waals surface area (Å²) in [6.45, 7) is 2.16. The predicted molar refractivity (Wildman–Crippen MR) is 44.3 cm³/mol. The van der Waals surface area contributed by atoms with Crippen LogP contribution in [0, 0.1) is 5.92 Å². The molecule has 0 radical (unpaired) electrons. The van der Waals surface area contributed by atoms with Crippen molar-refractivity contribution < 1.29 is 4.74 Å². The Morgan fingerprint density at radius 1 is 1.36 bits per heavy atom. The molecular formula is C9H17NO. The molecule has 2 aliphatic rings. The van der Waals surface area contributed by atoms with Crippen LogP contribution in [0.5, 0.6) is 0 Å². The summed E-state index contributed by atoms with van der Waals surface area (Å²) >= 11 is 0. The second kappa shape index (κ2) is 2.76. The van der Waals surface area contributed by atoms with Gasteiger partial charge in [-0.05, 0) is 32.6 Å². The normalized spacial score (nSPS) is 50.7. The topological polar surface area (TPSA) is 35.2 Å². The summed E-state index contributed by atoms with van der Waals surface area (Å²) in [6.07, 6.45) is 5.84. The zero-order chi connectivity index (χ0) is 7.84. The molecule has 4 atom stereocenters. The van der Waals surface area contributed by atoms with E-state index in [-0.39, 0.29) is 0 Å². The lowest BCUT2D eigenvalue weighted by atomic mass is 9.82. The van der Waals surface area contributed by atoms with E-state index in [2.05, 4.69) is 6.92 Å².